The van der Waals surface area contributed by atoms with Crippen LogP contribution in [0.25, 0.3) is 0 Å². The molecule has 0 saturated carbocycles. The third-order valence-electron chi connectivity index (χ3n) is 2.88. The maximum absolute atomic E-state index is 12.1. The third-order valence-corrected chi connectivity index (χ3v) is 2.88. The van der Waals surface area contributed by atoms with Crippen molar-refractivity contribution in [2.24, 2.45) is 0 Å². The minimum atomic E-state index is -1.88. The maximum atomic E-state index is 12.1. The molecule has 2 aromatic carbocycles. The normalized spacial score (nSPS) is 10.5. The number of hydrogen-bond acceptors (Lipinski definition) is 3. The van der Waals surface area contributed by atoms with Crippen molar-refractivity contribution in [2.75, 3.05) is 0 Å². The summed E-state index contributed by atoms with van der Waals surface area (Å²) in [5, 5.41) is 21.4. The van der Waals surface area contributed by atoms with E-state index in [2.05, 4.69) is 0 Å². The summed E-state index contributed by atoms with van der Waals surface area (Å²) in [5.74, 6) is -0.771. The van der Waals surface area contributed by atoms with Crippen LogP contribution in [0.3, 0.4) is 0 Å². The highest BCUT2D eigenvalue weighted by Gasteiger charge is 2.39. The van der Waals surface area contributed by atoms with Crippen molar-refractivity contribution < 1.29 is 9.90 Å². The number of hydrogen-bond donors (Lipinski definition) is 2. The SMILES string of the molecule is N#CNC(=O)C(O)(c1ccccc1)c1ccccc1. The molecule has 0 aromatic heterocycles. The molecule has 2 N–H and O–H groups in total. The topological polar surface area (TPSA) is 73.1 Å². The summed E-state index contributed by atoms with van der Waals surface area (Å²) in [6.45, 7) is 0. The molecule has 94 valence electrons. The predicted octanol–water partition coefficient (Wildman–Crippen LogP) is 1.52. The molecule has 1 amide bonds. The highest BCUT2D eigenvalue weighted by atomic mass is 16.3. The fraction of sp³-hybridized carbons (Fsp3) is 0.0667. The predicted molar refractivity (Wildman–Crippen MR) is 69.6 cm³/mol. The average molecular weight is 252 g/mol. The molecule has 0 atom stereocenters. The van der Waals surface area contributed by atoms with Crippen LogP contribution in [0.15, 0.2) is 60.7 Å². The first-order valence-electron chi connectivity index (χ1n) is 5.72. The average Bonchev–Trinajstić information content (AvgIpc) is 2.48. The van der Waals surface area contributed by atoms with Crippen molar-refractivity contribution in [2.45, 2.75) is 5.60 Å². The van der Waals surface area contributed by atoms with Crippen molar-refractivity contribution >= 4 is 5.91 Å². The minimum absolute atomic E-state index is 0.411. The molecule has 0 saturated heterocycles. The number of carbonyl (C=O) groups is 1. The monoisotopic (exact) mass is 252 g/mol. The number of amides is 1. The van der Waals surface area contributed by atoms with Crippen LogP contribution in [0.4, 0.5) is 0 Å². The van der Waals surface area contributed by atoms with Gasteiger partial charge < -0.3 is 5.11 Å². The number of carbonyl (C=O) groups excluding carboxylic acids is 1. The zero-order valence-electron chi connectivity index (χ0n) is 10.1. The van der Waals surface area contributed by atoms with Crippen LogP contribution in [0.2, 0.25) is 0 Å². The van der Waals surface area contributed by atoms with Gasteiger partial charge in [0.05, 0.1) is 0 Å². The van der Waals surface area contributed by atoms with Crippen LogP contribution < -0.4 is 5.32 Å². The Morgan fingerprint density at radius 1 is 1.00 bits per heavy atom. The Morgan fingerprint density at radius 3 is 1.79 bits per heavy atom. The van der Waals surface area contributed by atoms with Crippen LogP contribution in [-0.4, -0.2) is 11.0 Å². The van der Waals surface area contributed by atoms with Gasteiger partial charge in [0.1, 0.15) is 0 Å². The maximum Gasteiger partial charge on any atom is 0.274 e. The molecule has 0 radical (unpaired) electrons. The standard InChI is InChI=1S/C15H12N2O2/c16-11-17-14(18)15(19,12-7-3-1-4-8-12)13-9-5-2-6-10-13/h1-10,19H,(H,17,18). The fourth-order valence-corrected chi connectivity index (χ4v) is 1.93. The van der Waals surface area contributed by atoms with Crippen LogP contribution in [0.1, 0.15) is 11.1 Å². The molecule has 0 unspecified atom stereocenters. The van der Waals surface area contributed by atoms with Gasteiger partial charge in [-0.2, -0.15) is 5.26 Å². The van der Waals surface area contributed by atoms with Gasteiger partial charge in [0.2, 0.25) is 0 Å². The first-order valence-corrected chi connectivity index (χ1v) is 5.72. The lowest BCUT2D eigenvalue weighted by atomic mass is 9.85. The summed E-state index contributed by atoms with van der Waals surface area (Å²) in [7, 11) is 0. The lowest BCUT2D eigenvalue weighted by molar-refractivity contribution is -0.135. The minimum Gasteiger partial charge on any atom is -0.372 e. The molecule has 4 nitrogen and oxygen atoms in total. The van der Waals surface area contributed by atoms with E-state index in [1.165, 1.54) is 0 Å². The van der Waals surface area contributed by atoms with Gasteiger partial charge in [-0.05, 0) is 11.1 Å². The van der Waals surface area contributed by atoms with Gasteiger partial charge >= 0.3 is 0 Å². The molecular weight excluding hydrogens is 240 g/mol. The second-order valence-corrected chi connectivity index (χ2v) is 4.01. The summed E-state index contributed by atoms with van der Waals surface area (Å²) in [5.41, 5.74) is -1.05. The van der Waals surface area contributed by atoms with E-state index < -0.39 is 11.5 Å². The second-order valence-electron chi connectivity index (χ2n) is 4.01. The molecule has 4 heteroatoms. The number of benzene rings is 2. The number of nitrogens with one attached hydrogen (secondary N) is 1. The summed E-state index contributed by atoms with van der Waals surface area (Å²) >= 11 is 0. The molecule has 0 aliphatic carbocycles. The second kappa shape index (κ2) is 5.34. The number of rotatable bonds is 3. The lowest BCUT2D eigenvalue weighted by Gasteiger charge is -2.26. The molecule has 0 heterocycles. The van der Waals surface area contributed by atoms with E-state index in [-0.39, 0.29) is 0 Å². The Balaban J connectivity index is 2.58. The third kappa shape index (κ3) is 2.32. The largest absolute Gasteiger partial charge is 0.372 e. The molecule has 0 spiro atoms. The van der Waals surface area contributed by atoms with E-state index >= 15 is 0 Å². The molecule has 0 aliphatic heterocycles. The van der Waals surface area contributed by atoms with Gasteiger partial charge in [-0.1, -0.05) is 60.7 Å². The highest BCUT2D eigenvalue weighted by Crippen LogP contribution is 2.29. The van der Waals surface area contributed by atoms with Gasteiger partial charge in [0, 0.05) is 0 Å². The molecule has 2 aromatic rings. The first-order chi connectivity index (χ1) is 9.19. The van der Waals surface area contributed by atoms with E-state index in [0.717, 1.165) is 0 Å². The van der Waals surface area contributed by atoms with Gasteiger partial charge in [0.15, 0.2) is 11.8 Å². The van der Waals surface area contributed by atoms with Gasteiger partial charge in [0.25, 0.3) is 5.91 Å². The van der Waals surface area contributed by atoms with Gasteiger partial charge in [-0.3, -0.25) is 10.1 Å². The van der Waals surface area contributed by atoms with Crippen molar-refractivity contribution in [3.63, 3.8) is 0 Å². The first kappa shape index (κ1) is 12.8. The van der Waals surface area contributed by atoms with Crippen molar-refractivity contribution in [1.29, 1.82) is 5.26 Å². The zero-order valence-corrected chi connectivity index (χ0v) is 10.1. The molecular formula is C15H12N2O2. The Bertz CT molecular complexity index is 564. The smallest absolute Gasteiger partial charge is 0.274 e. The van der Waals surface area contributed by atoms with Gasteiger partial charge in [-0.25, -0.2) is 0 Å². The van der Waals surface area contributed by atoms with Gasteiger partial charge in [-0.15, -0.1) is 0 Å². The zero-order chi connectivity index (χ0) is 13.7. The number of aliphatic hydroxyl groups is 1. The van der Waals surface area contributed by atoms with Crippen LogP contribution in [0, 0.1) is 11.5 Å². The van der Waals surface area contributed by atoms with E-state index in [4.69, 9.17) is 5.26 Å². The van der Waals surface area contributed by atoms with E-state index in [1.54, 1.807) is 66.9 Å². The Hall–Kier alpha value is -2.64. The van der Waals surface area contributed by atoms with Crippen molar-refractivity contribution in [1.82, 2.24) is 5.32 Å². The number of nitrogens with zero attached hydrogens (tertiary/aromatic N) is 1. The summed E-state index contributed by atoms with van der Waals surface area (Å²) in [6.07, 6.45) is 1.55. The Labute approximate surface area is 110 Å². The molecule has 0 bridgehead atoms. The molecule has 0 aliphatic rings. The van der Waals surface area contributed by atoms with Crippen LogP contribution >= 0.6 is 0 Å². The van der Waals surface area contributed by atoms with E-state index in [1.807, 2.05) is 5.32 Å². The molecule has 0 fully saturated rings. The van der Waals surface area contributed by atoms with Crippen molar-refractivity contribution in [3.05, 3.63) is 71.8 Å². The Morgan fingerprint density at radius 2 is 1.42 bits per heavy atom. The van der Waals surface area contributed by atoms with Crippen LogP contribution in [0.5, 0.6) is 0 Å². The highest BCUT2D eigenvalue weighted by molar-refractivity contribution is 5.90. The lowest BCUT2D eigenvalue weighted by Crippen LogP contribution is -2.43. The fourth-order valence-electron chi connectivity index (χ4n) is 1.93. The molecule has 2 rings (SSSR count). The quantitative estimate of drug-likeness (QED) is 0.642. The van der Waals surface area contributed by atoms with E-state index in [0.29, 0.717) is 11.1 Å². The van der Waals surface area contributed by atoms with Crippen LogP contribution in [-0.2, 0) is 10.4 Å². The van der Waals surface area contributed by atoms with Crippen molar-refractivity contribution in [3.8, 4) is 6.19 Å². The van der Waals surface area contributed by atoms with E-state index in [9.17, 15) is 9.90 Å². The summed E-state index contributed by atoms with van der Waals surface area (Å²) < 4.78 is 0. The Kier molecular flexibility index (Phi) is 3.60. The number of nitriles is 1. The summed E-state index contributed by atoms with van der Waals surface area (Å²) in [6, 6.07) is 17.0. The molecule has 19 heavy (non-hydrogen) atoms. The summed E-state index contributed by atoms with van der Waals surface area (Å²) in [4.78, 5) is 12.1.